The number of nitrogens with two attached hydrogens (primary N) is 1. The molecule has 1 aliphatic rings. The predicted molar refractivity (Wildman–Crippen MR) is 95.4 cm³/mol. The van der Waals surface area contributed by atoms with Gasteiger partial charge >= 0.3 is 0 Å². The molecule has 1 saturated heterocycles. The van der Waals surface area contributed by atoms with Crippen molar-refractivity contribution in [1.29, 1.82) is 0 Å². The van der Waals surface area contributed by atoms with E-state index in [9.17, 15) is 4.79 Å². The number of amides is 1. The van der Waals surface area contributed by atoms with E-state index in [0.29, 0.717) is 12.3 Å². The zero-order valence-corrected chi connectivity index (χ0v) is 14.2. The molecule has 25 heavy (non-hydrogen) atoms. The van der Waals surface area contributed by atoms with Crippen molar-refractivity contribution in [2.75, 3.05) is 38.1 Å². The van der Waals surface area contributed by atoms with Crippen LogP contribution < -0.4 is 16.0 Å². The van der Waals surface area contributed by atoms with E-state index in [2.05, 4.69) is 25.1 Å². The molecule has 0 saturated carbocycles. The van der Waals surface area contributed by atoms with Crippen LogP contribution in [-0.4, -0.2) is 55.0 Å². The Labute approximate surface area is 146 Å². The van der Waals surface area contributed by atoms with E-state index in [-0.39, 0.29) is 5.76 Å². The van der Waals surface area contributed by atoms with E-state index in [0.717, 1.165) is 38.0 Å². The number of hydrogen-bond donors (Lipinski definition) is 2. The van der Waals surface area contributed by atoms with Crippen LogP contribution in [-0.2, 0) is 6.54 Å². The number of nitrogens with one attached hydrogen (secondary N) is 1. The Hall–Kier alpha value is -3.03. The Morgan fingerprint density at radius 2 is 2.08 bits per heavy atom. The largest absolute Gasteiger partial charge is 0.454 e. The molecule has 0 radical (unpaired) electrons. The summed E-state index contributed by atoms with van der Waals surface area (Å²) in [5.74, 6) is 2.04. The molecule has 1 fully saturated rings. The Balaban J connectivity index is 1.53. The quantitative estimate of drug-likeness (QED) is 0.626. The van der Waals surface area contributed by atoms with Crippen LogP contribution in [0.4, 0.5) is 5.82 Å². The third kappa shape index (κ3) is 4.09. The summed E-state index contributed by atoms with van der Waals surface area (Å²) in [7, 11) is 1.75. The fourth-order valence-electron chi connectivity index (χ4n) is 2.79. The first-order valence-corrected chi connectivity index (χ1v) is 8.17. The highest BCUT2D eigenvalue weighted by atomic mass is 16.3. The number of piperazine rings is 1. The molecule has 2 aromatic heterocycles. The standard InChI is InChI=1S/C17H22N6O2/c1-19-17(21-12-13-5-6-14(25-13)16(18)24)23-10-8-22(9-11-23)15-4-2-3-7-20-15/h2-7H,8-12H2,1H3,(H2,18,24)(H,19,21). The van der Waals surface area contributed by atoms with Gasteiger partial charge in [0.1, 0.15) is 11.6 Å². The number of carbonyl (C=O) groups is 1. The summed E-state index contributed by atoms with van der Waals surface area (Å²) in [5, 5.41) is 3.26. The topological polar surface area (TPSA) is 100.0 Å². The van der Waals surface area contributed by atoms with E-state index in [1.165, 1.54) is 0 Å². The molecule has 3 rings (SSSR count). The van der Waals surface area contributed by atoms with Gasteiger partial charge in [-0.05, 0) is 24.3 Å². The molecule has 0 atom stereocenters. The molecular formula is C17H22N6O2. The third-order valence-corrected chi connectivity index (χ3v) is 4.09. The Bertz CT molecular complexity index is 735. The van der Waals surface area contributed by atoms with Crippen LogP contribution in [0.1, 0.15) is 16.3 Å². The minimum absolute atomic E-state index is 0.163. The SMILES string of the molecule is CN=C(NCc1ccc(C(N)=O)o1)N1CCN(c2ccccn2)CC1. The number of pyridine rings is 1. The summed E-state index contributed by atoms with van der Waals surface area (Å²) >= 11 is 0. The van der Waals surface area contributed by atoms with Gasteiger partial charge in [-0.2, -0.15) is 0 Å². The molecular weight excluding hydrogens is 320 g/mol. The fraction of sp³-hybridized carbons (Fsp3) is 0.353. The van der Waals surface area contributed by atoms with Crippen molar-refractivity contribution in [2.24, 2.45) is 10.7 Å². The number of aliphatic imine (C=N–C) groups is 1. The molecule has 0 unspecified atom stereocenters. The maximum atomic E-state index is 11.1. The van der Waals surface area contributed by atoms with Crippen molar-refractivity contribution in [3.63, 3.8) is 0 Å². The monoisotopic (exact) mass is 342 g/mol. The first kappa shape index (κ1) is 16.8. The summed E-state index contributed by atoms with van der Waals surface area (Å²) in [6, 6.07) is 9.26. The van der Waals surface area contributed by atoms with E-state index in [1.54, 1.807) is 19.2 Å². The second-order valence-corrected chi connectivity index (χ2v) is 5.69. The number of guanidine groups is 1. The lowest BCUT2D eigenvalue weighted by atomic mass is 10.3. The van der Waals surface area contributed by atoms with Gasteiger partial charge in [0.2, 0.25) is 0 Å². The van der Waals surface area contributed by atoms with Gasteiger partial charge in [-0.3, -0.25) is 9.79 Å². The number of primary amides is 1. The molecule has 0 aliphatic carbocycles. The van der Waals surface area contributed by atoms with Crippen molar-refractivity contribution < 1.29 is 9.21 Å². The molecule has 8 nitrogen and oxygen atoms in total. The maximum Gasteiger partial charge on any atom is 0.284 e. The lowest BCUT2D eigenvalue weighted by Gasteiger charge is -2.37. The molecule has 1 aliphatic heterocycles. The number of hydrogen-bond acceptors (Lipinski definition) is 5. The first-order valence-electron chi connectivity index (χ1n) is 8.17. The average Bonchev–Trinajstić information content (AvgIpc) is 3.13. The van der Waals surface area contributed by atoms with Crippen LogP contribution in [0, 0.1) is 0 Å². The van der Waals surface area contributed by atoms with Gasteiger partial charge in [0.05, 0.1) is 6.54 Å². The van der Waals surface area contributed by atoms with E-state index in [1.807, 2.05) is 24.4 Å². The van der Waals surface area contributed by atoms with E-state index in [4.69, 9.17) is 10.2 Å². The van der Waals surface area contributed by atoms with Crippen LogP contribution in [0.5, 0.6) is 0 Å². The molecule has 1 amide bonds. The summed E-state index contributed by atoms with van der Waals surface area (Å²) in [6.07, 6.45) is 1.81. The molecule has 3 N–H and O–H groups in total. The van der Waals surface area contributed by atoms with Gasteiger partial charge in [0.25, 0.3) is 5.91 Å². The van der Waals surface area contributed by atoms with Gasteiger partial charge in [-0.15, -0.1) is 0 Å². The van der Waals surface area contributed by atoms with E-state index >= 15 is 0 Å². The van der Waals surface area contributed by atoms with Crippen molar-refractivity contribution >= 4 is 17.7 Å². The van der Waals surface area contributed by atoms with Gasteiger partial charge < -0.3 is 25.3 Å². The molecule has 0 spiro atoms. The fourth-order valence-corrected chi connectivity index (χ4v) is 2.79. The van der Waals surface area contributed by atoms with Crippen LogP contribution in [0.2, 0.25) is 0 Å². The lowest BCUT2D eigenvalue weighted by Crippen LogP contribution is -2.52. The highest BCUT2D eigenvalue weighted by molar-refractivity contribution is 5.89. The van der Waals surface area contributed by atoms with Gasteiger partial charge in [-0.25, -0.2) is 4.98 Å². The molecule has 8 heteroatoms. The zero-order chi connectivity index (χ0) is 17.6. The molecule has 0 bridgehead atoms. The maximum absolute atomic E-state index is 11.1. The van der Waals surface area contributed by atoms with Crippen LogP contribution in [0.3, 0.4) is 0 Å². The van der Waals surface area contributed by atoms with Gasteiger partial charge in [0.15, 0.2) is 11.7 Å². The second kappa shape index (κ2) is 7.69. The van der Waals surface area contributed by atoms with Gasteiger partial charge in [-0.1, -0.05) is 6.07 Å². The third-order valence-electron chi connectivity index (χ3n) is 4.09. The predicted octanol–water partition coefficient (Wildman–Crippen LogP) is 0.671. The van der Waals surface area contributed by atoms with Gasteiger partial charge in [0, 0.05) is 39.4 Å². The highest BCUT2D eigenvalue weighted by Gasteiger charge is 2.20. The number of furan rings is 1. The zero-order valence-electron chi connectivity index (χ0n) is 14.2. The van der Waals surface area contributed by atoms with Crippen molar-refractivity contribution in [3.05, 3.63) is 48.0 Å². The molecule has 0 aromatic carbocycles. The lowest BCUT2D eigenvalue weighted by molar-refractivity contribution is 0.0972. The number of carbonyl (C=O) groups excluding carboxylic acids is 1. The Kier molecular flexibility index (Phi) is 5.17. The second-order valence-electron chi connectivity index (χ2n) is 5.69. The molecule has 132 valence electrons. The summed E-state index contributed by atoms with van der Waals surface area (Å²) < 4.78 is 5.38. The minimum atomic E-state index is -0.568. The average molecular weight is 342 g/mol. The number of rotatable bonds is 4. The van der Waals surface area contributed by atoms with Crippen LogP contribution in [0.25, 0.3) is 0 Å². The minimum Gasteiger partial charge on any atom is -0.454 e. The summed E-state index contributed by atoms with van der Waals surface area (Å²) in [6.45, 7) is 3.90. The first-order chi connectivity index (χ1) is 12.2. The summed E-state index contributed by atoms with van der Waals surface area (Å²) in [5.41, 5.74) is 5.19. The van der Waals surface area contributed by atoms with Crippen molar-refractivity contribution in [2.45, 2.75) is 6.54 Å². The van der Waals surface area contributed by atoms with E-state index < -0.39 is 5.91 Å². The number of aromatic nitrogens is 1. The molecule has 3 heterocycles. The summed E-state index contributed by atoms with van der Waals surface area (Å²) in [4.78, 5) is 24.2. The number of anilines is 1. The Morgan fingerprint density at radius 1 is 1.28 bits per heavy atom. The Morgan fingerprint density at radius 3 is 2.68 bits per heavy atom. The normalized spacial score (nSPS) is 15.3. The number of nitrogens with zero attached hydrogens (tertiary/aromatic N) is 4. The van der Waals surface area contributed by atoms with Crippen LogP contribution >= 0.6 is 0 Å². The van der Waals surface area contributed by atoms with Crippen molar-refractivity contribution in [3.8, 4) is 0 Å². The smallest absolute Gasteiger partial charge is 0.284 e. The highest BCUT2D eigenvalue weighted by Crippen LogP contribution is 2.13. The van der Waals surface area contributed by atoms with Crippen LogP contribution in [0.15, 0.2) is 45.9 Å². The molecule has 2 aromatic rings. The van der Waals surface area contributed by atoms with Crippen molar-refractivity contribution in [1.82, 2.24) is 15.2 Å².